The zero-order valence-electron chi connectivity index (χ0n) is 21.3. The van der Waals surface area contributed by atoms with Crippen LogP contribution in [-0.4, -0.2) is 30.4 Å². The number of benzene rings is 3. The van der Waals surface area contributed by atoms with E-state index in [9.17, 15) is 14.4 Å². The smallest absolute Gasteiger partial charge is 0.411 e. The van der Waals surface area contributed by atoms with Crippen molar-refractivity contribution in [2.75, 3.05) is 10.6 Å². The Labute approximate surface area is 223 Å². The van der Waals surface area contributed by atoms with Crippen LogP contribution in [0.2, 0.25) is 0 Å². The van der Waals surface area contributed by atoms with Gasteiger partial charge in [0.1, 0.15) is 12.4 Å². The average Bonchev–Trinajstić information content (AvgIpc) is 2.93. The van der Waals surface area contributed by atoms with Crippen LogP contribution in [0.15, 0.2) is 78.9 Å². The van der Waals surface area contributed by atoms with Gasteiger partial charge in [-0.15, -0.1) is 0 Å². The molecule has 0 spiro atoms. The van der Waals surface area contributed by atoms with Crippen molar-refractivity contribution in [1.29, 1.82) is 0 Å². The van der Waals surface area contributed by atoms with Crippen LogP contribution in [0.3, 0.4) is 0 Å². The number of ether oxygens (including phenoxy) is 1. The predicted octanol–water partition coefficient (Wildman–Crippen LogP) is 6.42. The van der Waals surface area contributed by atoms with E-state index in [2.05, 4.69) is 10.6 Å². The molecule has 3 aromatic carbocycles. The topological polar surface area (TPSA) is 111 Å². The van der Waals surface area contributed by atoms with Crippen molar-refractivity contribution < 1.29 is 19.1 Å². The lowest BCUT2D eigenvalue weighted by Crippen LogP contribution is -2.32. The van der Waals surface area contributed by atoms with Crippen molar-refractivity contribution >= 4 is 35.7 Å². The van der Waals surface area contributed by atoms with Crippen LogP contribution in [0, 0.1) is 0 Å². The highest BCUT2D eigenvalue weighted by Gasteiger charge is 2.22. The monoisotopic (exact) mass is 511 g/mol. The zero-order valence-corrected chi connectivity index (χ0v) is 21.3. The van der Waals surface area contributed by atoms with E-state index in [0.29, 0.717) is 29.8 Å². The van der Waals surface area contributed by atoms with E-state index >= 15 is 0 Å². The summed E-state index contributed by atoms with van der Waals surface area (Å²) < 4.78 is 5.68. The first-order valence-electron chi connectivity index (χ1n) is 12.9. The van der Waals surface area contributed by atoms with Crippen molar-refractivity contribution in [1.82, 2.24) is 0 Å². The van der Waals surface area contributed by atoms with Gasteiger partial charge < -0.3 is 15.8 Å². The maximum atomic E-state index is 12.7. The molecule has 1 saturated carbocycles. The number of carbonyl (C=O) groups is 3. The Balaban J connectivity index is 1.38. The first-order chi connectivity index (χ1) is 18.5. The van der Waals surface area contributed by atoms with Crippen molar-refractivity contribution in [3.63, 3.8) is 0 Å². The first kappa shape index (κ1) is 26.8. The van der Waals surface area contributed by atoms with Gasteiger partial charge >= 0.3 is 6.09 Å². The second-order valence-electron chi connectivity index (χ2n) is 9.47. The number of carbonyl (C=O) groups excluding carboxylic acids is 3. The maximum absolute atomic E-state index is 12.7. The minimum atomic E-state index is -0.471. The summed E-state index contributed by atoms with van der Waals surface area (Å²) in [6.07, 6.45) is 8.18. The van der Waals surface area contributed by atoms with Gasteiger partial charge in [-0.3, -0.25) is 14.9 Å². The van der Waals surface area contributed by atoms with E-state index in [1.165, 1.54) is 0 Å². The molecule has 1 fully saturated rings. The summed E-state index contributed by atoms with van der Waals surface area (Å²) in [5, 5.41) is 5.77. The molecule has 2 amide bonds. The van der Waals surface area contributed by atoms with Crippen LogP contribution < -0.4 is 16.4 Å². The molecular formula is C31H33N3O4. The van der Waals surface area contributed by atoms with Crippen molar-refractivity contribution in [2.45, 2.75) is 50.7 Å². The minimum Gasteiger partial charge on any atom is -0.446 e. The van der Waals surface area contributed by atoms with Crippen LogP contribution in [0.1, 0.15) is 54.4 Å². The Hall–Kier alpha value is -4.23. The van der Waals surface area contributed by atoms with Crippen LogP contribution in [0.25, 0.3) is 17.2 Å². The fourth-order valence-electron chi connectivity index (χ4n) is 4.44. The Morgan fingerprint density at radius 3 is 2.32 bits per heavy atom. The van der Waals surface area contributed by atoms with Gasteiger partial charge in [-0.05, 0) is 73.6 Å². The summed E-state index contributed by atoms with van der Waals surface area (Å²) in [5.41, 5.74) is 10.6. The van der Waals surface area contributed by atoms with Crippen LogP contribution in [0.4, 0.5) is 16.2 Å². The Morgan fingerprint density at radius 1 is 0.895 bits per heavy atom. The number of nitrogens with two attached hydrogens (primary N) is 1. The third kappa shape index (κ3) is 7.88. The van der Waals surface area contributed by atoms with Gasteiger partial charge in [-0.25, -0.2) is 4.79 Å². The maximum Gasteiger partial charge on any atom is 0.411 e. The SMILES string of the molecule is N[C@H]1CC[C@H](OC(=O)Nc2cc(C=CCCC(=O)Nc3ccc(C=O)cc3)ccc2-c2ccccc2)CC1. The number of rotatable bonds is 9. The molecule has 0 unspecified atom stereocenters. The second kappa shape index (κ2) is 13.4. The third-order valence-corrected chi connectivity index (χ3v) is 6.54. The first-order valence-corrected chi connectivity index (χ1v) is 12.9. The molecule has 0 saturated heterocycles. The lowest BCUT2D eigenvalue weighted by atomic mass is 9.94. The van der Waals surface area contributed by atoms with Crippen LogP contribution in [-0.2, 0) is 9.53 Å². The fraction of sp³-hybridized carbons (Fsp3) is 0.258. The summed E-state index contributed by atoms with van der Waals surface area (Å²) in [6.45, 7) is 0. The minimum absolute atomic E-state index is 0.110. The van der Waals surface area contributed by atoms with E-state index in [1.54, 1.807) is 24.3 Å². The highest BCUT2D eigenvalue weighted by molar-refractivity contribution is 5.93. The number of anilines is 2. The molecule has 4 rings (SSSR count). The van der Waals surface area contributed by atoms with Crippen LogP contribution in [0.5, 0.6) is 0 Å². The van der Waals surface area contributed by atoms with Crippen molar-refractivity contribution in [3.05, 3.63) is 90.0 Å². The molecule has 0 bridgehead atoms. The van der Waals surface area contributed by atoms with Gasteiger partial charge in [0, 0.05) is 29.3 Å². The molecule has 1 aliphatic rings. The van der Waals surface area contributed by atoms with Crippen molar-refractivity contribution in [3.8, 4) is 11.1 Å². The molecule has 0 heterocycles. The largest absolute Gasteiger partial charge is 0.446 e. The van der Waals surface area contributed by atoms with Crippen molar-refractivity contribution in [2.24, 2.45) is 5.73 Å². The molecule has 196 valence electrons. The Bertz CT molecular complexity index is 1260. The summed E-state index contributed by atoms with van der Waals surface area (Å²) in [4.78, 5) is 35.7. The molecule has 7 heteroatoms. The molecule has 0 atom stereocenters. The number of aldehydes is 1. The van der Waals surface area contributed by atoms with Gasteiger partial charge in [0.05, 0.1) is 5.69 Å². The van der Waals surface area contributed by atoms with Gasteiger partial charge in [0.25, 0.3) is 0 Å². The lowest BCUT2D eigenvalue weighted by molar-refractivity contribution is -0.116. The van der Waals surface area contributed by atoms with Gasteiger partial charge in [0.2, 0.25) is 5.91 Å². The third-order valence-electron chi connectivity index (χ3n) is 6.54. The van der Waals surface area contributed by atoms with E-state index < -0.39 is 6.09 Å². The number of allylic oxidation sites excluding steroid dienone is 1. The lowest BCUT2D eigenvalue weighted by Gasteiger charge is -2.26. The molecule has 7 nitrogen and oxygen atoms in total. The summed E-state index contributed by atoms with van der Waals surface area (Å²) in [5.74, 6) is -0.110. The molecule has 38 heavy (non-hydrogen) atoms. The summed E-state index contributed by atoms with van der Waals surface area (Å²) in [6, 6.07) is 22.6. The second-order valence-corrected chi connectivity index (χ2v) is 9.47. The highest BCUT2D eigenvalue weighted by Crippen LogP contribution is 2.30. The number of hydrogen-bond acceptors (Lipinski definition) is 5. The molecule has 0 aliphatic heterocycles. The highest BCUT2D eigenvalue weighted by atomic mass is 16.6. The predicted molar refractivity (Wildman–Crippen MR) is 151 cm³/mol. The quantitative estimate of drug-likeness (QED) is 0.287. The van der Waals surface area contributed by atoms with Crippen LogP contribution >= 0.6 is 0 Å². The Morgan fingerprint density at radius 2 is 1.61 bits per heavy atom. The Kier molecular flexibility index (Phi) is 9.43. The molecular weight excluding hydrogens is 478 g/mol. The zero-order chi connectivity index (χ0) is 26.7. The van der Waals surface area contributed by atoms with Gasteiger partial charge in [-0.1, -0.05) is 54.6 Å². The van der Waals surface area contributed by atoms with Gasteiger partial charge in [0.15, 0.2) is 0 Å². The fourth-order valence-corrected chi connectivity index (χ4v) is 4.44. The van der Waals surface area contributed by atoms with Gasteiger partial charge in [-0.2, -0.15) is 0 Å². The standard InChI is InChI=1S/C31H33N3O4/c32-25-13-17-27(18-14-25)38-31(37)34-29-20-22(12-19-28(29)24-7-2-1-3-8-24)6-4-5-9-30(36)33-26-15-10-23(21-35)11-16-26/h1-4,6-8,10-12,15-16,19-21,25,27H,5,9,13-14,17-18,32H2,(H,33,36)(H,34,37)/t25-,27-. The van der Waals surface area contributed by atoms with E-state index in [-0.39, 0.29) is 18.1 Å². The normalized spacial score (nSPS) is 17.1. The molecule has 3 aromatic rings. The van der Waals surface area contributed by atoms with E-state index in [4.69, 9.17) is 10.5 Å². The number of nitrogens with one attached hydrogen (secondary N) is 2. The summed E-state index contributed by atoms with van der Waals surface area (Å²) >= 11 is 0. The van der Waals surface area contributed by atoms with E-state index in [0.717, 1.165) is 48.7 Å². The number of amides is 2. The van der Waals surface area contributed by atoms with E-state index in [1.807, 2.05) is 60.7 Å². The molecule has 1 aliphatic carbocycles. The molecule has 0 radical (unpaired) electrons. The average molecular weight is 512 g/mol. The summed E-state index contributed by atoms with van der Waals surface area (Å²) in [7, 11) is 0. The molecule has 4 N–H and O–H groups in total. The molecule has 0 aromatic heterocycles. The number of hydrogen-bond donors (Lipinski definition) is 3.